The Morgan fingerprint density at radius 2 is 1.79 bits per heavy atom. The lowest BCUT2D eigenvalue weighted by Gasteiger charge is -2.30. The number of aliphatic hydroxyl groups excluding tert-OH is 1. The molecule has 2 aromatic carbocycles. The molecule has 210 valence electrons. The predicted molar refractivity (Wildman–Crippen MR) is 145 cm³/mol. The second-order valence-electron chi connectivity index (χ2n) is 10.3. The largest absolute Gasteiger partial charge is 0.497 e. The van der Waals surface area contributed by atoms with Crippen LogP contribution < -0.4 is 4.74 Å². The minimum atomic E-state index is -3.89. The van der Waals surface area contributed by atoms with Gasteiger partial charge in [-0.3, -0.25) is 4.79 Å². The second kappa shape index (κ2) is 14.6. The van der Waals surface area contributed by atoms with E-state index >= 15 is 0 Å². The molecule has 0 saturated carbocycles. The summed E-state index contributed by atoms with van der Waals surface area (Å²) in [5.41, 5.74) is 0.954. The van der Waals surface area contributed by atoms with Crippen molar-refractivity contribution in [3.05, 3.63) is 60.2 Å². The van der Waals surface area contributed by atoms with E-state index in [-0.39, 0.29) is 36.4 Å². The summed E-state index contributed by atoms with van der Waals surface area (Å²) in [6, 6.07) is 15.8. The van der Waals surface area contributed by atoms with Crippen LogP contribution in [0.1, 0.15) is 45.1 Å². The van der Waals surface area contributed by atoms with Crippen molar-refractivity contribution in [2.75, 3.05) is 33.4 Å². The van der Waals surface area contributed by atoms with E-state index in [4.69, 9.17) is 14.2 Å². The number of carbonyl (C=O) groups excluding carboxylic acids is 1. The lowest BCUT2D eigenvalue weighted by Crippen LogP contribution is -2.43. The van der Waals surface area contributed by atoms with Crippen LogP contribution >= 0.6 is 0 Å². The molecular weight excluding hydrogens is 506 g/mol. The van der Waals surface area contributed by atoms with Crippen LogP contribution in [0.5, 0.6) is 5.75 Å². The molecule has 1 N–H and O–H groups in total. The Morgan fingerprint density at radius 3 is 2.45 bits per heavy atom. The molecule has 1 aliphatic rings. The maximum atomic E-state index is 13.6. The maximum Gasteiger partial charge on any atom is 0.306 e. The normalized spacial score (nSPS) is 18.1. The lowest BCUT2D eigenvalue weighted by atomic mass is 9.90. The van der Waals surface area contributed by atoms with Gasteiger partial charge < -0.3 is 19.3 Å². The Labute approximate surface area is 227 Å². The van der Waals surface area contributed by atoms with Gasteiger partial charge in [-0.05, 0) is 61.4 Å². The number of nitrogens with zero attached hydrogens (tertiary/aromatic N) is 1. The Hall–Kier alpha value is -2.46. The fraction of sp³-hybridized carbons (Fsp3) is 0.552. The van der Waals surface area contributed by atoms with E-state index < -0.39 is 28.0 Å². The summed E-state index contributed by atoms with van der Waals surface area (Å²) in [4.78, 5) is 13.1. The number of ether oxygens (including phenoxy) is 3. The van der Waals surface area contributed by atoms with Gasteiger partial charge in [0.1, 0.15) is 11.9 Å². The van der Waals surface area contributed by atoms with Gasteiger partial charge in [0.15, 0.2) is 0 Å². The first-order valence-corrected chi connectivity index (χ1v) is 14.8. The predicted octanol–water partition coefficient (Wildman–Crippen LogP) is 4.06. The number of hydrogen-bond acceptors (Lipinski definition) is 7. The number of benzene rings is 2. The molecule has 0 aromatic heterocycles. The van der Waals surface area contributed by atoms with Gasteiger partial charge in [0, 0.05) is 25.6 Å². The smallest absolute Gasteiger partial charge is 0.306 e. The number of hydrogen-bond donors (Lipinski definition) is 1. The zero-order valence-electron chi connectivity index (χ0n) is 22.6. The van der Waals surface area contributed by atoms with Crippen molar-refractivity contribution in [3.8, 4) is 5.75 Å². The molecule has 0 amide bonds. The average molecular weight is 548 g/mol. The Balaban J connectivity index is 1.79. The second-order valence-corrected chi connectivity index (χ2v) is 12.2. The van der Waals surface area contributed by atoms with E-state index in [0.29, 0.717) is 25.4 Å². The van der Waals surface area contributed by atoms with E-state index in [9.17, 15) is 18.3 Å². The summed E-state index contributed by atoms with van der Waals surface area (Å²) in [6.45, 7) is 4.99. The molecule has 1 saturated heterocycles. The van der Waals surface area contributed by atoms with Gasteiger partial charge in [0.25, 0.3) is 0 Å². The molecule has 0 spiro atoms. The van der Waals surface area contributed by atoms with Gasteiger partial charge >= 0.3 is 5.97 Å². The summed E-state index contributed by atoms with van der Waals surface area (Å²) < 4.78 is 44.8. The zero-order chi connectivity index (χ0) is 27.5. The molecule has 3 atom stereocenters. The van der Waals surface area contributed by atoms with Crippen LogP contribution in [0, 0.1) is 11.8 Å². The maximum absolute atomic E-state index is 13.6. The number of carbonyl (C=O) groups is 1. The molecule has 3 rings (SSSR count). The zero-order valence-corrected chi connectivity index (χ0v) is 23.4. The third kappa shape index (κ3) is 9.08. The molecule has 9 heteroatoms. The first-order chi connectivity index (χ1) is 18.2. The quantitative estimate of drug-likeness (QED) is 0.377. The Kier molecular flexibility index (Phi) is 11.6. The van der Waals surface area contributed by atoms with Gasteiger partial charge in [-0.2, -0.15) is 4.31 Å². The van der Waals surface area contributed by atoms with Crippen molar-refractivity contribution < 1.29 is 32.5 Å². The molecule has 0 radical (unpaired) electrons. The Morgan fingerprint density at radius 1 is 1.08 bits per heavy atom. The van der Waals surface area contributed by atoms with E-state index in [1.807, 2.05) is 44.2 Å². The highest BCUT2D eigenvalue weighted by atomic mass is 32.2. The molecule has 38 heavy (non-hydrogen) atoms. The minimum absolute atomic E-state index is 0.0232. The van der Waals surface area contributed by atoms with E-state index in [1.54, 1.807) is 12.1 Å². The van der Waals surface area contributed by atoms with Crippen molar-refractivity contribution in [1.29, 1.82) is 0 Å². The standard InChI is InChI=1S/C29H41NO7S/c1-22(2)19-30(38(33,34)27-14-12-25(35-3)13-15-27)20-28(31)24(17-23-9-5-4-6-10-23)18-29(32)37-26-11-7-8-16-36-21-26/h4-6,9-10,12-15,22,24,26,28,31H,7-8,11,16-21H2,1-3H3/t24-,26-,28-/m1/s1. The number of methoxy groups -OCH3 is 1. The van der Waals surface area contributed by atoms with Crippen LogP contribution in [0.3, 0.4) is 0 Å². The number of esters is 1. The van der Waals surface area contributed by atoms with Gasteiger partial charge in [-0.15, -0.1) is 0 Å². The van der Waals surface area contributed by atoms with E-state index in [1.165, 1.54) is 23.5 Å². The van der Waals surface area contributed by atoms with Gasteiger partial charge in [0.2, 0.25) is 10.0 Å². The van der Waals surface area contributed by atoms with Crippen LogP contribution in [0.15, 0.2) is 59.5 Å². The first kappa shape index (κ1) is 30.1. The van der Waals surface area contributed by atoms with Crippen molar-refractivity contribution in [1.82, 2.24) is 4.31 Å². The molecule has 1 heterocycles. The van der Waals surface area contributed by atoms with Gasteiger partial charge in [-0.1, -0.05) is 44.2 Å². The van der Waals surface area contributed by atoms with E-state index in [2.05, 4.69) is 0 Å². The first-order valence-electron chi connectivity index (χ1n) is 13.3. The highest BCUT2D eigenvalue weighted by molar-refractivity contribution is 7.89. The fourth-order valence-electron chi connectivity index (χ4n) is 4.61. The van der Waals surface area contributed by atoms with Crippen LogP contribution in [-0.2, 0) is 30.7 Å². The van der Waals surface area contributed by atoms with Crippen LogP contribution in [0.25, 0.3) is 0 Å². The van der Waals surface area contributed by atoms with Crippen molar-refractivity contribution in [2.24, 2.45) is 11.8 Å². The molecule has 0 unspecified atom stereocenters. The third-order valence-electron chi connectivity index (χ3n) is 6.64. The third-order valence-corrected chi connectivity index (χ3v) is 8.48. The molecule has 8 nitrogen and oxygen atoms in total. The lowest BCUT2D eigenvalue weighted by molar-refractivity contribution is -0.154. The van der Waals surface area contributed by atoms with Crippen LogP contribution in [0.4, 0.5) is 0 Å². The number of sulfonamides is 1. The summed E-state index contributed by atoms with van der Waals surface area (Å²) in [5.74, 6) is -0.353. The molecule has 0 aliphatic carbocycles. The van der Waals surface area contributed by atoms with Gasteiger partial charge in [0.05, 0.1) is 31.1 Å². The monoisotopic (exact) mass is 547 g/mol. The van der Waals surface area contributed by atoms with Crippen LogP contribution in [0.2, 0.25) is 0 Å². The van der Waals surface area contributed by atoms with E-state index in [0.717, 1.165) is 24.8 Å². The Bertz CT molecular complexity index is 1080. The highest BCUT2D eigenvalue weighted by Crippen LogP contribution is 2.25. The van der Waals surface area contributed by atoms with Crippen molar-refractivity contribution in [3.63, 3.8) is 0 Å². The van der Waals surface area contributed by atoms with Crippen molar-refractivity contribution >= 4 is 16.0 Å². The van der Waals surface area contributed by atoms with Crippen LogP contribution in [-0.4, -0.2) is 69.4 Å². The average Bonchev–Trinajstić information content (AvgIpc) is 3.16. The summed E-state index contributed by atoms with van der Waals surface area (Å²) in [6.07, 6.45) is 1.63. The highest BCUT2D eigenvalue weighted by Gasteiger charge is 2.32. The molecule has 1 fully saturated rings. The minimum Gasteiger partial charge on any atom is -0.497 e. The summed E-state index contributed by atoms with van der Waals surface area (Å²) in [5, 5.41) is 11.4. The number of aliphatic hydroxyl groups is 1. The van der Waals surface area contributed by atoms with Crippen molar-refractivity contribution in [2.45, 2.75) is 63.1 Å². The van der Waals surface area contributed by atoms with Gasteiger partial charge in [-0.25, -0.2) is 8.42 Å². The summed E-state index contributed by atoms with van der Waals surface area (Å²) >= 11 is 0. The molecule has 0 bridgehead atoms. The fourth-order valence-corrected chi connectivity index (χ4v) is 6.23. The SMILES string of the molecule is COc1ccc(S(=O)(=O)N(CC(C)C)C[C@@H](O)[C@@H](CC(=O)O[C@@H]2CCCCOC2)Cc2ccccc2)cc1. The molecular formula is C29H41NO7S. The number of rotatable bonds is 13. The molecule has 1 aliphatic heterocycles. The summed E-state index contributed by atoms with van der Waals surface area (Å²) in [7, 11) is -2.37. The topological polar surface area (TPSA) is 102 Å². The molecule has 2 aromatic rings.